The van der Waals surface area contributed by atoms with Crippen molar-refractivity contribution in [3.63, 3.8) is 0 Å². The van der Waals surface area contributed by atoms with Crippen LogP contribution in [0.4, 0.5) is 24.5 Å². The van der Waals surface area contributed by atoms with Gasteiger partial charge in [-0.1, -0.05) is 42.5 Å². The van der Waals surface area contributed by atoms with Gasteiger partial charge in [0.25, 0.3) is 0 Å². The number of ether oxygens (including phenoxy) is 1. The van der Waals surface area contributed by atoms with Crippen molar-refractivity contribution in [2.24, 2.45) is 21.5 Å². The fraction of sp³-hybridized carbons (Fsp3) is 0.0476. The lowest BCUT2D eigenvalue weighted by Gasteiger charge is -2.10. The van der Waals surface area contributed by atoms with E-state index in [2.05, 4.69) is 20.0 Å². The van der Waals surface area contributed by atoms with E-state index in [0.29, 0.717) is 11.4 Å². The van der Waals surface area contributed by atoms with Gasteiger partial charge in [-0.2, -0.15) is 4.99 Å². The molecule has 5 N–H and O–H groups in total. The summed E-state index contributed by atoms with van der Waals surface area (Å²) in [5, 5.41) is 2.71. The van der Waals surface area contributed by atoms with Crippen LogP contribution >= 0.6 is 0 Å². The van der Waals surface area contributed by atoms with Crippen LogP contribution in [0.3, 0.4) is 0 Å². The summed E-state index contributed by atoms with van der Waals surface area (Å²) in [5.41, 5.74) is 14.7. The van der Waals surface area contributed by atoms with E-state index < -0.39 is 6.36 Å². The van der Waals surface area contributed by atoms with Crippen molar-refractivity contribution in [3.8, 4) is 16.9 Å². The minimum absolute atomic E-state index is 0.0679. The van der Waals surface area contributed by atoms with Gasteiger partial charge in [0.1, 0.15) is 5.75 Å². The minimum atomic E-state index is -4.75. The molecule has 0 aliphatic heterocycles. The van der Waals surface area contributed by atoms with Gasteiger partial charge in [-0.25, -0.2) is 4.99 Å². The van der Waals surface area contributed by atoms with Crippen LogP contribution in [0.5, 0.6) is 5.75 Å². The van der Waals surface area contributed by atoms with Crippen LogP contribution in [0.1, 0.15) is 0 Å². The van der Waals surface area contributed by atoms with Crippen LogP contribution in [0.15, 0.2) is 88.8 Å². The Bertz CT molecular complexity index is 1030. The zero-order valence-electron chi connectivity index (χ0n) is 15.6. The van der Waals surface area contributed by atoms with Gasteiger partial charge in [-0.3, -0.25) is 0 Å². The molecule has 3 aromatic carbocycles. The highest BCUT2D eigenvalue weighted by atomic mass is 19.4. The summed E-state index contributed by atoms with van der Waals surface area (Å²) in [6, 6.07) is 22.3. The molecule has 0 saturated heterocycles. The molecule has 3 rings (SSSR count). The number of guanidine groups is 2. The third-order valence-electron chi connectivity index (χ3n) is 3.81. The quantitative estimate of drug-likeness (QED) is 0.429. The SMILES string of the molecule is NC(=Nc1ccc(-c2ccccc2)cc1)/N=C(\N)Nc1ccc(OC(F)(F)F)cc1. The Labute approximate surface area is 170 Å². The molecule has 30 heavy (non-hydrogen) atoms. The molecule has 0 amide bonds. The molecule has 0 aliphatic rings. The molecule has 0 spiro atoms. The Morgan fingerprint density at radius 1 is 0.800 bits per heavy atom. The summed E-state index contributed by atoms with van der Waals surface area (Å²) >= 11 is 0. The van der Waals surface area contributed by atoms with Gasteiger partial charge in [-0.05, 0) is 47.5 Å². The molecule has 0 atom stereocenters. The van der Waals surface area contributed by atoms with Crippen LogP contribution < -0.4 is 21.5 Å². The molecule has 0 heterocycles. The summed E-state index contributed by atoms with van der Waals surface area (Å²) < 4.78 is 40.3. The summed E-state index contributed by atoms with van der Waals surface area (Å²) in [6.07, 6.45) is -4.75. The molecule has 154 valence electrons. The highest BCUT2D eigenvalue weighted by Crippen LogP contribution is 2.24. The average molecular weight is 413 g/mol. The van der Waals surface area contributed by atoms with Crippen LogP contribution in [-0.2, 0) is 0 Å². The third kappa shape index (κ3) is 6.26. The average Bonchev–Trinajstić information content (AvgIpc) is 2.69. The predicted molar refractivity (Wildman–Crippen MR) is 112 cm³/mol. The van der Waals surface area contributed by atoms with E-state index in [-0.39, 0.29) is 17.7 Å². The molecule has 0 radical (unpaired) electrons. The van der Waals surface area contributed by atoms with Crippen LogP contribution in [0.2, 0.25) is 0 Å². The highest BCUT2D eigenvalue weighted by Gasteiger charge is 2.30. The summed E-state index contributed by atoms with van der Waals surface area (Å²) in [7, 11) is 0. The van der Waals surface area contributed by atoms with E-state index in [0.717, 1.165) is 23.3 Å². The number of anilines is 1. The second kappa shape index (κ2) is 8.99. The number of aliphatic imine (C=N–C) groups is 2. The van der Waals surface area contributed by atoms with Crippen LogP contribution in [0, 0.1) is 0 Å². The van der Waals surface area contributed by atoms with Crippen molar-refractivity contribution in [2.45, 2.75) is 6.36 Å². The van der Waals surface area contributed by atoms with Crippen molar-refractivity contribution >= 4 is 23.3 Å². The van der Waals surface area contributed by atoms with E-state index in [1.165, 1.54) is 12.1 Å². The second-order valence-corrected chi connectivity index (χ2v) is 6.08. The number of hydrogen-bond acceptors (Lipinski definition) is 2. The van der Waals surface area contributed by atoms with Gasteiger partial charge in [0.15, 0.2) is 0 Å². The first-order chi connectivity index (χ1) is 14.3. The lowest BCUT2D eigenvalue weighted by molar-refractivity contribution is -0.274. The molecule has 0 aromatic heterocycles. The van der Waals surface area contributed by atoms with Gasteiger partial charge in [0.05, 0.1) is 5.69 Å². The van der Waals surface area contributed by atoms with Crippen molar-refractivity contribution in [1.29, 1.82) is 0 Å². The normalized spacial score (nSPS) is 12.5. The van der Waals surface area contributed by atoms with Gasteiger partial charge < -0.3 is 21.5 Å². The van der Waals surface area contributed by atoms with Crippen molar-refractivity contribution in [2.75, 3.05) is 5.32 Å². The minimum Gasteiger partial charge on any atom is -0.406 e. The zero-order chi connectivity index (χ0) is 21.6. The summed E-state index contributed by atoms with van der Waals surface area (Å²) in [5.74, 6) is -0.491. The maximum atomic E-state index is 12.2. The number of alkyl halides is 3. The van der Waals surface area contributed by atoms with Gasteiger partial charge in [-0.15, -0.1) is 13.2 Å². The first kappa shape index (κ1) is 20.7. The van der Waals surface area contributed by atoms with Gasteiger partial charge in [0, 0.05) is 5.69 Å². The maximum absolute atomic E-state index is 12.2. The van der Waals surface area contributed by atoms with Gasteiger partial charge >= 0.3 is 6.36 Å². The van der Waals surface area contributed by atoms with E-state index in [9.17, 15) is 13.2 Å². The molecule has 6 nitrogen and oxygen atoms in total. The van der Waals surface area contributed by atoms with Crippen LogP contribution in [0.25, 0.3) is 11.1 Å². The van der Waals surface area contributed by atoms with E-state index in [1.807, 2.05) is 42.5 Å². The molecule has 0 saturated carbocycles. The van der Waals surface area contributed by atoms with Crippen molar-refractivity contribution < 1.29 is 17.9 Å². The molecule has 9 heteroatoms. The number of halogens is 3. The Kier molecular flexibility index (Phi) is 6.21. The Morgan fingerprint density at radius 2 is 1.40 bits per heavy atom. The number of nitrogens with two attached hydrogens (primary N) is 2. The Morgan fingerprint density at radius 3 is 2.00 bits per heavy atom. The van der Waals surface area contributed by atoms with Crippen LogP contribution in [-0.4, -0.2) is 18.3 Å². The first-order valence-corrected chi connectivity index (χ1v) is 8.75. The molecular weight excluding hydrogens is 395 g/mol. The standard InChI is InChI=1S/C21H18F3N5O/c22-21(23,24)30-18-12-10-17(11-13-18)28-20(26)29-19(25)27-16-8-6-15(7-9-16)14-4-2-1-3-5-14/h1-13H,(H5,25,26,27,28,29). The molecule has 3 aromatic rings. The lowest BCUT2D eigenvalue weighted by atomic mass is 10.1. The van der Waals surface area contributed by atoms with Gasteiger partial charge in [0.2, 0.25) is 11.9 Å². The fourth-order valence-corrected chi connectivity index (χ4v) is 2.56. The summed E-state index contributed by atoms with van der Waals surface area (Å²) in [4.78, 5) is 8.10. The highest BCUT2D eigenvalue weighted by molar-refractivity contribution is 6.01. The zero-order valence-corrected chi connectivity index (χ0v) is 15.6. The molecule has 0 bridgehead atoms. The maximum Gasteiger partial charge on any atom is 0.573 e. The van der Waals surface area contributed by atoms with Crippen molar-refractivity contribution in [3.05, 3.63) is 78.9 Å². The molecule has 0 fully saturated rings. The monoisotopic (exact) mass is 413 g/mol. The summed E-state index contributed by atoms with van der Waals surface area (Å²) in [6.45, 7) is 0. The topological polar surface area (TPSA) is 98.0 Å². The first-order valence-electron chi connectivity index (χ1n) is 8.75. The number of benzene rings is 3. The lowest BCUT2D eigenvalue weighted by Crippen LogP contribution is -2.26. The molecular formula is C21H18F3N5O. The molecule has 0 aliphatic carbocycles. The smallest absolute Gasteiger partial charge is 0.406 e. The van der Waals surface area contributed by atoms with E-state index in [1.54, 1.807) is 12.1 Å². The number of nitrogens with zero attached hydrogens (tertiary/aromatic N) is 2. The largest absolute Gasteiger partial charge is 0.573 e. The number of rotatable bonds is 4. The molecule has 0 unspecified atom stereocenters. The predicted octanol–water partition coefficient (Wildman–Crippen LogP) is 4.63. The second-order valence-electron chi connectivity index (χ2n) is 6.08. The van der Waals surface area contributed by atoms with E-state index in [4.69, 9.17) is 11.5 Å². The Balaban J connectivity index is 1.63. The fourth-order valence-electron chi connectivity index (χ4n) is 2.56. The third-order valence-corrected chi connectivity index (χ3v) is 3.81. The van der Waals surface area contributed by atoms with Crippen molar-refractivity contribution in [1.82, 2.24) is 0 Å². The Hall–Kier alpha value is -4.01. The van der Waals surface area contributed by atoms with E-state index >= 15 is 0 Å². The number of nitrogens with one attached hydrogen (secondary N) is 1. The number of hydrogen-bond donors (Lipinski definition) is 3.